The molecule has 1 amide bonds. The molecule has 1 N–H and O–H groups in total. The van der Waals surface area contributed by atoms with Crippen molar-refractivity contribution in [2.75, 3.05) is 11.9 Å². The first kappa shape index (κ1) is 17.9. The Labute approximate surface area is 156 Å². The van der Waals surface area contributed by atoms with Gasteiger partial charge in [-0.1, -0.05) is 41.9 Å². The number of amides is 1. The summed E-state index contributed by atoms with van der Waals surface area (Å²) >= 11 is 7.30. The van der Waals surface area contributed by atoms with Crippen LogP contribution >= 0.6 is 22.9 Å². The first-order chi connectivity index (χ1) is 11.9. The molecule has 1 aromatic heterocycles. The summed E-state index contributed by atoms with van der Waals surface area (Å²) < 4.78 is 0. The molecule has 0 saturated heterocycles. The van der Waals surface area contributed by atoms with Crippen LogP contribution in [0.2, 0.25) is 5.02 Å². The highest BCUT2D eigenvalue weighted by Gasteiger charge is 2.33. The van der Waals surface area contributed by atoms with Crippen molar-refractivity contribution >= 4 is 39.7 Å². The second-order valence-electron chi connectivity index (χ2n) is 6.73. The minimum Gasteiger partial charge on any atom is -0.396 e. The highest BCUT2D eigenvalue weighted by atomic mass is 35.5. The average molecular weight is 378 g/mol. The van der Waals surface area contributed by atoms with Crippen molar-refractivity contribution < 1.29 is 9.63 Å². The van der Waals surface area contributed by atoms with Gasteiger partial charge in [0, 0.05) is 10.6 Å². The molecule has 3 rings (SSSR count). The summed E-state index contributed by atoms with van der Waals surface area (Å²) in [5.41, 5.74) is 2.47. The van der Waals surface area contributed by atoms with Gasteiger partial charge < -0.3 is 4.84 Å². The Bertz CT molecular complexity index is 812. The molecule has 1 aliphatic rings. The molecule has 5 nitrogen and oxygen atoms in total. The lowest BCUT2D eigenvalue weighted by atomic mass is 9.78. The predicted molar refractivity (Wildman–Crippen MR) is 102 cm³/mol. The van der Waals surface area contributed by atoms with E-state index in [1.807, 2.05) is 6.92 Å². The van der Waals surface area contributed by atoms with Crippen molar-refractivity contribution in [3.63, 3.8) is 0 Å². The number of benzene rings is 1. The molecule has 1 aromatic carbocycles. The fourth-order valence-corrected chi connectivity index (χ4v) is 3.87. The molecule has 1 heterocycles. The van der Waals surface area contributed by atoms with Crippen molar-refractivity contribution in [1.29, 1.82) is 0 Å². The number of anilines is 1. The van der Waals surface area contributed by atoms with Crippen LogP contribution in [0.25, 0.3) is 0 Å². The molecule has 7 heteroatoms. The number of fused-ring (bicyclic) bond motifs is 1. The number of carbonyl (C=O) groups excluding carboxylic acids is 1. The van der Waals surface area contributed by atoms with E-state index in [0.29, 0.717) is 22.3 Å². The van der Waals surface area contributed by atoms with Crippen LogP contribution in [-0.2, 0) is 11.3 Å². The van der Waals surface area contributed by atoms with Crippen molar-refractivity contribution in [2.24, 2.45) is 10.6 Å². The SMILES string of the molecule is CCO/N=C1\CC(C)(C)Cc2nc(NC(=O)c3ccc(Cl)cc3)sc21. The standard InChI is InChI=1S/C18H20ClN3O2S/c1-4-24-22-14-10-18(2,3)9-13-15(14)25-17(20-13)21-16(23)11-5-7-12(19)8-6-11/h5-8H,4,9-10H2,1-3H3,(H,20,21,23)/b22-14+. The Morgan fingerprint density at radius 3 is 2.76 bits per heavy atom. The van der Waals surface area contributed by atoms with E-state index in [9.17, 15) is 4.79 Å². The van der Waals surface area contributed by atoms with Gasteiger partial charge in [0.15, 0.2) is 5.13 Å². The number of hydrogen-bond acceptors (Lipinski definition) is 5. The summed E-state index contributed by atoms with van der Waals surface area (Å²) in [5, 5.41) is 8.30. The summed E-state index contributed by atoms with van der Waals surface area (Å²) in [5.74, 6) is -0.203. The Hall–Kier alpha value is -1.92. The van der Waals surface area contributed by atoms with Crippen molar-refractivity contribution in [3.8, 4) is 0 Å². The van der Waals surface area contributed by atoms with Gasteiger partial charge in [-0.3, -0.25) is 10.1 Å². The van der Waals surface area contributed by atoms with Gasteiger partial charge in [-0.25, -0.2) is 4.98 Å². The summed E-state index contributed by atoms with van der Waals surface area (Å²) in [6.07, 6.45) is 1.67. The van der Waals surface area contributed by atoms with Crippen LogP contribution in [0.3, 0.4) is 0 Å². The molecular weight excluding hydrogens is 358 g/mol. The molecule has 1 aliphatic carbocycles. The Morgan fingerprint density at radius 2 is 2.08 bits per heavy atom. The second kappa shape index (κ2) is 7.14. The van der Waals surface area contributed by atoms with Gasteiger partial charge in [0.05, 0.1) is 16.3 Å². The summed E-state index contributed by atoms with van der Waals surface area (Å²) in [7, 11) is 0. The van der Waals surface area contributed by atoms with E-state index in [4.69, 9.17) is 16.4 Å². The molecule has 0 unspecified atom stereocenters. The maximum Gasteiger partial charge on any atom is 0.257 e. The third kappa shape index (κ3) is 4.19. The number of hydrogen-bond donors (Lipinski definition) is 1. The third-order valence-corrected chi connectivity index (χ3v) is 5.20. The zero-order chi connectivity index (χ0) is 18.0. The van der Waals surface area contributed by atoms with Crippen LogP contribution < -0.4 is 5.32 Å². The number of aromatic nitrogens is 1. The monoisotopic (exact) mass is 377 g/mol. The fourth-order valence-electron chi connectivity index (χ4n) is 2.79. The minimum atomic E-state index is -0.203. The second-order valence-corrected chi connectivity index (χ2v) is 8.16. The van der Waals surface area contributed by atoms with Gasteiger partial charge in [0.2, 0.25) is 0 Å². The van der Waals surface area contributed by atoms with Crippen LogP contribution in [0.5, 0.6) is 0 Å². The van der Waals surface area contributed by atoms with E-state index in [2.05, 4.69) is 29.3 Å². The minimum absolute atomic E-state index is 0.0640. The topological polar surface area (TPSA) is 63.6 Å². The number of carbonyl (C=O) groups is 1. The van der Waals surface area contributed by atoms with E-state index < -0.39 is 0 Å². The lowest BCUT2D eigenvalue weighted by Gasteiger charge is -2.28. The molecule has 132 valence electrons. The summed E-state index contributed by atoms with van der Waals surface area (Å²) in [4.78, 5) is 23.2. The molecule has 2 aromatic rings. The maximum atomic E-state index is 12.4. The number of nitrogens with zero attached hydrogens (tertiary/aromatic N) is 2. The molecule has 25 heavy (non-hydrogen) atoms. The van der Waals surface area contributed by atoms with Crippen molar-refractivity contribution in [1.82, 2.24) is 4.98 Å². The number of oxime groups is 1. The van der Waals surface area contributed by atoms with Crippen LogP contribution in [0, 0.1) is 5.41 Å². The fraction of sp³-hybridized carbons (Fsp3) is 0.389. The first-order valence-corrected chi connectivity index (χ1v) is 9.33. The molecule has 0 atom stereocenters. The number of halogens is 1. The van der Waals surface area contributed by atoms with Crippen LogP contribution in [0.4, 0.5) is 5.13 Å². The highest BCUT2D eigenvalue weighted by molar-refractivity contribution is 7.18. The molecule has 0 radical (unpaired) electrons. The molecule has 0 aliphatic heterocycles. The van der Waals surface area contributed by atoms with E-state index in [1.165, 1.54) is 11.3 Å². The molecule has 0 bridgehead atoms. The van der Waals surface area contributed by atoms with Crippen molar-refractivity contribution in [3.05, 3.63) is 45.4 Å². The zero-order valence-corrected chi connectivity index (χ0v) is 16.0. The Morgan fingerprint density at radius 1 is 1.36 bits per heavy atom. The van der Waals surface area contributed by atoms with E-state index in [1.54, 1.807) is 24.3 Å². The number of rotatable bonds is 4. The van der Waals surface area contributed by atoms with E-state index in [-0.39, 0.29) is 11.3 Å². The molecule has 0 spiro atoms. The highest BCUT2D eigenvalue weighted by Crippen LogP contribution is 2.39. The average Bonchev–Trinajstić information content (AvgIpc) is 2.94. The van der Waals surface area contributed by atoms with Crippen LogP contribution in [0.1, 0.15) is 48.1 Å². The van der Waals surface area contributed by atoms with Gasteiger partial charge in [0.1, 0.15) is 6.61 Å². The van der Waals surface area contributed by atoms with Gasteiger partial charge >= 0.3 is 0 Å². The van der Waals surface area contributed by atoms with Crippen LogP contribution in [-0.4, -0.2) is 23.2 Å². The predicted octanol–water partition coefficient (Wildman–Crippen LogP) is 4.76. The van der Waals surface area contributed by atoms with E-state index in [0.717, 1.165) is 29.1 Å². The lowest BCUT2D eigenvalue weighted by Crippen LogP contribution is -2.26. The first-order valence-electron chi connectivity index (χ1n) is 8.14. The van der Waals surface area contributed by atoms with Crippen molar-refractivity contribution in [2.45, 2.75) is 33.6 Å². The number of thiazole rings is 1. The maximum absolute atomic E-state index is 12.4. The zero-order valence-electron chi connectivity index (χ0n) is 14.4. The molecule has 0 saturated carbocycles. The Kier molecular flexibility index (Phi) is 5.11. The molecular formula is C18H20ClN3O2S. The normalized spacial score (nSPS) is 17.2. The number of nitrogens with one attached hydrogen (secondary N) is 1. The Balaban J connectivity index is 1.84. The summed E-state index contributed by atoms with van der Waals surface area (Å²) in [6, 6.07) is 6.77. The third-order valence-electron chi connectivity index (χ3n) is 3.88. The van der Waals surface area contributed by atoms with Gasteiger partial charge in [-0.05, 0) is 49.4 Å². The molecule has 0 fully saturated rings. The smallest absolute Gasteiger partial charge is 0.257 e. The lowest BCUT2D eigenvalue weighted by molar-refractivity contribution is 0.102. The van der Waals surface area contributed by atoms with Crippen LogP contribution in [0.15, 0.2) is 29.4 Å². The van der Waals surface area contributed by atoms with E-state index >= 15 is 0 Å². The van der Waals surface area contributed by atoms with Gasteiger partial charge in [-0.15, -0.1) is 0 Å². The quantitative estimate of drug-likeness (QED) is 0.781. The largest absolute Gasteiger partial charge is 0.396 e. The summed E-state index contributed by atoms with van der Waals surface area (Å²) in [6.45, 7) is 6.80. The van der Waals surface area contributed by atoms with Gasteiger partial charge in [-0.2, -0.15) is 0 Å². The van der Waals surface area contributed by atoms with Gasteiger partial charge in [0.25, 0.3) is 5.91 Å².